The summed E-state index contributed by atoms with van der Waals surface area (Å²) in [5.74, 6) is -0.502. The van der Waals surface area contributed by atoms with E-state index >= 15 is 0 Å². The van der Waals surface area contributed by atoms with Crippen molar-refractivity contribution in [1.29, 1.82) is 0 Å². The van der Waals surface area contributed by atoms with Crippen LogP contribution in [0.25, 0.3) is 0 Å². The lowest BCUT2D eigenvalue weighted by atomic mass is 9.97. The van der Waals surface area contributed by atoms with Crippen molar-refractivity contribution in [2.45, 2.75) is 54.8 Å². The lowest BCUT2D eigenvalue weighted by molar-refractivity contribution is -0.266. The molecular formula is C16H23NO8S. The summed E-state index contributed by atoms with van der Waals surface area (Å²) in [5.41, 5.74) is -1.31. The average molecular weight is 389 g/mol. The van der Waals surface area contributed by atoms with E-state index < -0.39 is 51.8 Å². The third-order valence-electron chi connectivity index (χ3n) is 4.19. The van der Waals surface area contributed by atoms with E-state index in [1.807, 2.05) is 0 Å². The molecule has 1 aromatic rings. The van der Waals surface area contributed by atoms with Gasteiger partial charge < -0.3 is 30.1 Å². The van der Waals surface area contributed by atoms with Crippen LogP contribution in [0.3, 0.4) is 0 Å². The van der Waals surface area contributed by atoms with Crippen molar-refractivity contribution in [3.05, 3.63) is 29.8 Å². The number of carbonyl (C=O) groups excluding carboxylic acids is 1. The maximum Gasteiger partial charge on any atom is 0.217 e. The Labute approximate surface area is 151 Å². The second kappa shape index (κ2) is 7.99. The van der Waals surface area contributed by atoms with Gasteiger partial charge in [-0.3, -0.25) is 4.79 Å². The third-order valence-corrected chi connectivity index (χ3v) is 6.02. The number of benzene rings is 1. The van der Waals surface area contributed by atoms with Crippen molar-refractivity contribution in [2.75, 3.05) is 7.11 Å². The number of ether oxygens (including phenoxy) is 2. The summed E-state index contributed by atoms with van der Waals surface area (Å²) in [6.07, 6.45) is -6.31. The summed E-state index contributed by atoms with van der Waals surface area (Å²) in [6.45, 7) is 2.98. The van der Waals surface area contributed by atoms with Crippen LogP contribution in [0.2, 0.25) is 0 Å². The van der Waals surface area contributed by atoms with Crippen LogP contribution >= 0.6 is 0 Å². The van der Waals surface area contributed by atoms with Crippen LogP contribution in [-0.2, 0) is 24.1 Å². The quantitative estimate of drug-likeness (QED) is 0.486. The van der Waals surface area contributed by atoms with E-state index in [4.69, 9.17) is 9.47 Å². The van der Waals surface area contributed by atoms with Gasteiger partial charge in [-0.1, -0.05) is 17.7 Å². The molecule has 1 heterocycles. The van der Waals surface area contributed by atoms with Crippen molar-refractivity contribution in [3.63, 3.8) is 0 Å². The summed E-state index contributed by atoms with van der Waals surface area (Å²) in [7, 11) is -3.04. The van der Waals surface area contributed by atoms with Gasteiger partial charge in [-0.05, 0) is 19.1 Å². The number of hydrogen-bond donors (Lipinski definition) is 4. The molecule has 1 unspecified atom stereocenters. The van der Waals surface area contributed by atoms with E-state index in [-0.39, 0.29) is 4.90 Å². The van der Waals surface area contributed by atoms with E-state index in [0.29, 0.717) is 0 Å². The Morgan fingerprint density at radius 1 is 1.23 bits per heavy atom. The first kappa shape index (κ1) is 20.7. The molecule has 146 valence electrons. The van der Waals surface area contributed by atoms with Crippen molar-refractivity contribution in [1.82, 2.24) is 5.32 Å². The zero-order chi connectivity index (χ0) is 19.6. The molecule has 1 aromatic carbocycles. The maximum absolute atomic E-state index is 12.6. The van der Waals surface area contributed by atoms with Gasteiger partial charge in [-0.15, -0.1) is 0 Å². The first-order chi connectivity index (χ1) is 12.1. The van der Waals surface area contributed by atoms with Crippen LogP contribution in [0.15, 0.2) is 29.2 Å². The molecule has 0 bridgehead atoms. The zero-order valence-electron chi connectivity index (χ0n) is 14.6. The predicted molar refractivity (Wildman–Crippen MR) is 89.7 cm³/mol. The molecule has 0 saturated carbocycles. The van der Waals surface area contributed by atoms with E-state index in [0.717, 1.165) is 5.56 Å². The van der Waals surface area contributed by atoms with Crippen LogP contribution in [0.1, 0.15) is 12.5 Å². The molecule has 0 radical (unpaired) electrons. The van der Waals surface area contributed by atoms with Gasteiger partial charge in [0.2, 0.25) is 15.7 Å². The fourth-order valence-corrected chi connectivity index (χ4v) is 4.13. The highest BCUT2D eigenvalue weighted by Gasteiger charge is 2.50. The molecule has 0 spiro atoms. The number of aliphatic hydroxyl groups excluding tert-OH is 3. The minimum absolute atomic E-state index is 0.154. The Hall–Kier alpha value is -1.56. The van der Waals surface area contributed by atoms with Crippen LogP contribution < -0.4 is 5.32 Å². The number of carbonyl (C=O) groups is 1. The summed E-state index contributed by atoms with van der Waals surface area (Å²) in [4.78, 5) is 11.1. The van der Waals surface area contributed by atoms with Gasteiger partial charge in [0.25, 0.3) is 0 Å². The van der Waals surface area contributed by atoms with Gasteiger partial charge in [0, 0.05) is 14.0 Å². The largest absolute Gasteiger partial charge is 0.388 e. The Bertz CT molecular complexity index is 733. The molecule has 1 amide bonds. The summed E-state index contributed by atoms with van der Waals surface area (Å²) in [5, 5.41) is 33.2. The molecular weight excluding hydrogens is 366 g/mol. The fraction of sp³-hybridized carbons (Fsp3) is 0.562. The maximum atomic E-state index is 12.6. The highest BCUT2D eigenvalue weighted by molar-refractivity contribution is 7.92. The molecule has 1 aliphatic heterocycles. The number of methoxy groups -OCH3 is 1. The molecule has 2 rings (SSSR count). The van der Waals surface area contributed by atoms with Crippen LogP contribution in [0, 0.1) is 6.92 Å². The summed E-state index contributed by atoms with van der Waals surface area (Å²) >= 11 is 0. The third kappa shape index (κ3) is 4.05. The lowest BCUT2D eigenvalue weighted by Crippen LogP contribution is -2.66. The summed E-state index contributed by atoms with van der Waals surface area (Å²) in [6, 6.07) is 4.66. The number of amides is 1. The number of nitrogens with one attached hydrogen (secondary N) is 1. The van der Waals surface area contributed by atoms with Gasteiger partial charge in [0.1, 0.15) is 24.4 Å². The smallest absolute Gasteiger partial charge is 0.217 e. The number of sulfone groups is 1. The Balaban J connectivity index is 2.29. The standard InChI is InChI=1S/C16H23NO8S/c1-8-4-6-10(7-5-8)26(22,23)15(21)14-13(20)12(19)11(17-9(2)18)16(24-3)25-14/h4-7,11-16,19-21H,1-3H3,(H,17,18)/t11-,12-,13-,14-,15?,16-/m0/s1. The highest BCUT2D eigenvalue weighted by atomic mass is 32.2. The zero-order valence-corrected chi connectivity index (χ0v) is 15.4. The van der Waals surface area contributed by atoms with Crippen molar-refractivity contribution in [2.24, 2.45) is 0 Å². The van der Waals surface area contributed by atoms with Crippen molar-refractivity contribution < 1.29 is 38.0 Å². The SMILES string of the molecule is CO[C@H]1O[C@H](C(O)S(=O)(=O)c2ccc(C)cc2)[C@@H](O)[C@@H](O)[C@@H]1NC(C)=O. The molecule has 26 heavy (non-hydrogen) atoms. The normalized spacial score (nSPS) is 30.6. The van der Waals surface area contributed by atoms with E-state index in [9.17, 15) is 28.5 Å². The second-order valence-electron chi connectivity index (χ2n) is 6.16. The van der Waals surface area contributed by atoms with Crippen LogP contribution in [0.5, 0.6) is 0 Å². The first-order valence-electron chi connectivity index (χ1n) is 7.89. The monoisotopic (exact) mass is 389 g/mol. The summed E-state index contributed by atoms with van der Waals surface area (Å²) < 4.78 is 35.6. The van der Waals surface area contributed by atoms with Gasteiger partial charge >= 0.3 is 0 Å². The molecule has 1 saturated heterocycles. The van der Waals surface area contributed by atoms with E-state index in [2.05, 4.69) is 5.32 Å². The fourth-order valence-electron chi connectivity index (χ4n) is 2.76. The van der Waals surface area contributed by atoms with E-state index in [1.54, 1.807) is 19.1 Å². The minimum Gasteiger partial charge on any atom is -0.388 e. The molecule has 0 aromatic heterocycles. The predicted octanol–water partition coefficient (Wildman–Crippen LogP) is -1.32. The number of rotatable bonds is 5. The average Bonchev–Trinajstić information content (AvgIpc) is 2.59. The Kier molecular flexibility index (Phi) is 6.37. The molecule has 10 heteroatoms. The second-order valence-corrected chi connectivity index (χ2v) is 8.21. The number of hydrogen-bond acceptors (Lipinski definition) is 8. The van der Waals surface area contributed by atoms with Gasteiger partial charge in [0.05, 0.1) is 4.90 Å². The molecule has 4 N–H and O–H groups in total. The van der Waals surface area contributed by atoms with Crippen LogP contribution in [0.4, 0.5) is 0 Å². The minimum atomic E-state index is -4.27. The number of aryl methyl sites for hydroxylation is 1. The number of aliphatic hydroxyl groups is 3. The van der Waals surface area contributed by atoms with Gasteiger partial charge in [0.15, 0.2) is 11.7 Å². The molecule has 6 atom stereocenters. The van der Waals surface area contributed by atoms with Gasteiger partial charge in [-0.25, -0.2) is 8.42 Å². The first-order valence-corrected chi connectivity index (χ1v) is 9.44. The molecule has 9 nitrogen and oxygen atoms in total. The Morgan fingerprint density at radius 2 is 1.81 bits per heavy atom. The Morgan fingerprint density at radius 3 is 2.31 bits per heavy atom. The van der Waals surface area contributed by atoms with Gasteiger partial charge in [-0.2, -0.15) is 0 Å². The lowest BCUT2D eigenvalue weighted by Gasteiger charge is -2.43. The van der Waals surface area contributed by atoms with Crippen molar-refractivity contribution >= 4 is 15.7 Å². The van der Waals surface area contributed by atoms with Crippen molar-refractivity contribution in [3.8, 4) is 0 Å². The topological polar surface area (TPSA) is 142 Å². The highest BCUT2D eigenvalue weighted by Crippen LogP contribution is 2.28. The molecule has 0 aliphatic carbocycles. The van der Waals surface area contributed by atoms with Crippen LogP contribution in [-0.4, -0.2) is 72.8 Å². The van der Waals surface area contributed by atoms with E-state index in [1.165, 1.54) is 26.2 Å². The molecule has 1 aliphatic rings. The molecule has 1 fully saturated rings.